The van der Waals surface area contributed by atoms with Gasteiger partial charge in [-0.25, -0.2) is 0 Å². The van der Waals surface area contributed by atoms with E-state index in [-0.39, 0.29) is 17.4 Å². The molecule has 4 nitrogen and oxygen atoms in total. The third kappa shape index (κ3) is 5.54. The summed E-state index contributed by atoms with van der Waals surface area (Å²) in [5, 5.41) is 9.61. The second kappa shape index (κ2) is 7.82. The van der Waals surface area contributed by atoms with E-state index < -0.39 is 0 Å². The Kier molecular flexibility index (Phi) is 6.05. The van der Waals surface area contributed by atoms with Crippen LogP contribution in [0.5, 0.6) is 5.75 Å². The first-order valence-electron chi connectivity index (χ1n) is 8.55. The molecular weight excluding hydrogens is 290 g/mol. The first kappa shape index (κ1) is 17.8. The fourth-order valence-corrected chi connectivity index (χ4v) is 2.80. The van der Waals surface area contributed by atoms with Crippen LogP contribution in [0, 0.1) is 0 Å². The zero-order chi connectivity index (χ0) is 16.9. The van der Waals surface area contributed by atoms with Gasteiger partial charge in [0.1, 0.15) is 5.75 Å². The number of hydrogen-bond donors (Lipinski definition) is 1. The van der Waals surface area contributed by atoms with E-state index in [0.29, 0.717) is 26.0 Å². The number of amides is 1. The molecule has 0 saturated carbocycles. The number of nitrogens with zero attached hydrogens (tertiary/aromatic N) is 1. The highest BCUT2D eigenvalue weighted by Crippen LogP contribution is 2.24. The molecule has 1 aliphatic rings. The van der Waals surface area contributed by atoms with Gasteiger partial charge in [-0.15, -0.1) is 0 Å². The molecule has 1 N–H and O–H groups in total. The summed E-state index contributed by atoms with van der Waals surface area (Å²) in [6.07, 6.45) is 2.52. The summed E-state index contributed by atoms with van der Waals surface area (Å²) in [6, 6.07) is 8.16. The summed E-state index contributed by atoms with van der Waals surface area (Å²) in [5.74, 6) is 0.967. The predicted molar refractivity (Wildman–Crippen MR) is 91.7 cm³/mol. The summed E-state index contributed by atoms with van der Waals surface area (Å²) in [6.45, 7) is 8.35. The van der Waals surface area contributed by atoms with Gasteiger partial charge in [0, 0.05) is 19.5 Å². The molecule has 0 aliphatic carbocycles. The molecule has 1 aromatic carbocycles. The minimum absolute atomic E-state index is 0.121. The number of carbonyl (C=O) groups is 1. The van der Waals surface area contributed by atoms with Gasteiger partial charge in [0.25, 0.3) is 0 Å². The number of β-amino-alcohol motifs (C(OH)–C–C–N with tert-alkyl or cyclic N) is 1. The van der Waals surface area contributed by atoms with Crippen molar-refractivity contribution in [2.45, 2.75) is 58.0 Å². The van der Waals surface area contributed by atoms with Gasteiger partial charge in [-0.2, -0.15) is 0 Å². The Bertz CT molecular complexity index is 504. The van der Waals surface area contributed by atoms with Crippen LogP contribution in [0.4, 0.5) is 0 Å². The molecule has 128 valence electrons. The number of piperidine rings is 1. The first-order valence-corrected chi connectivity index (χ1v) is 8.55. The lowest BCUT2D eigenvalue weighted by Crippen LogP contribution is -2.42. The van der Waals surface area contributed by atoms with E-state index in [2.05, 4.69) is 32.9 Å². The standard InChI is InChI=1S/C19H29NO3/c1-19(2,3)15-8-10-17(11-9-15)23-13-5-7-18(22)20-12-4-6-16(21)14-20/h8-11,16,21H,4-7,12-14H2,1-3H3. The number of hydrogen-bond acceptors (Lipinski definition) is 3. The van der Waals surface area contributed by atoms with E-state index in [0.717, 1.165) is 25.1 Å². The number of aliphatic hydroxyl groups is 1. The molecule has 1 fully saturated rings. The van der Waals surface area contributed by atoms with Crippen molar-refractivity contribution >= 4 is 5.91 Å². The first-order chi connectivity index (χ1) is 10.9. The molecule has 0 bridgehead atoms. The second-order valence-electron chi connectivity index (χ2n) is 7.36. The number of benzene rings is 1. The number of aliphatic hydroxyl groups excluding tert-OH is 1. The Balaban J connectivity index is 1.70. The van der Waals surface area contributed by atoms with E-state index in [1.165, 1.54) is 5.56 Å². The largest absolute Gasteiger partial charge is 0.494 e. The zero-order valence-electron chi connectivity index (χ0n) is 14.5. The van der Waals surface area contributed by atoms with Crippen LogP contribution in [0.2, 0.25) is 0 Å². The Morgan fingerprint density at radius 2 is 2.00 bits per heavy atom. The van der Waals surface area contributed by atoms with E-state index in [1.807, 2.05) is 12.1 Å². The molecule has 0 radical (unpaired) electrons. The summed E-state index contributed by atoms with van der Waals surface area (Å²) < 4.78 is 5.71. The van der Waals surface area contributed by atoms with Crippen molar-refractivity contribution in [3.05, 3.63) is 29.8 Å². The van der Waals surface area contributed by atoms with Gasteiger partial charge in [0.05, 0.1) is 12.7 Å². The van der Waals surface area contributed by atoms with E-state index in [1.54, 1.807) is 4.90 Å². The predicted octanol–water partition coefficient (Wildman–Crippen LogP) is 3.13. The fourth-order valence-electron chi connectivity index (χ4n) is 2.80. The second-order valence-corrected chi connectivity index (χ2v) is 7.36. The minimum atomic E-state index is -0.356. The lowest BCUT2D eigenvalue weighted by molar-refractivity contribution is -0.134. The van der Waals surface area contributed by atoms with Crippen LogP contribution >= 0.6 is 0 Å². The molecule has 2 rings (SSSR count). The molecular formula is C19H29NO3. The average Bonchev–Trinajstić information content (AvgIpc) is 2.51. The molecule has 4 heteroatoms. The van der Waals surface area contributed by atoms with Gasteiger partial charge in [0.2, 0.25) is 5.91 Å². The van der Waals surface area contributed by atoms with E-state index in [4.69, 9.17) is 4.74 Å². The van der Waals surface area contributed by atoms with Crippen molar-refractivity contribution in [1.82, 2.24) is 4.90 Å². The molecule has 1 aliphatic heterocycles. The van der Waals surface area contributed by atoms with Gasteiger partial charge >= 0.3 is 0 Å². The number of ether oxygens (including phenoxy) is 1. The quantitative estimate of drug-likeness (QED) is 0.848. The average molecular weight is 319 g/mol. The maximum atomic E-state index is 12.1. The number of carbonyl (C=O) groups excluding carboxylic acids is 1. The van der Waals surface area contributed by atoms with Crippen molar-refractivity contribution in [2.24, 2.45) is 0 Å². The maximum Gasteiger partial charge on any atom is 0.222 e. The van der Waals surface area contributed by atoms with Gasteiger partial charge in [-0.3, -0.25) is 4.79 Å². The molecule has 1 amide bonds. The van der Waals surface area contributed by atoms with Crippen molar-refractivity contribution < 1.29 is 14.6 Å². The number of rotatable bonds is 5. The molecule has 0 aromatic heterocycles. The SMILES string of the molecule is CC(C)(C)c1ccc(OCCCC(=O)N2CCCC(O)C2)cc1. The van der Waals surface area contributed by atoms with Crippen LogP contribution in [0.15, 0.2) is 24.3 Å². The molecule has 0 spiro atoms. The lowest BCUT2D eigenvalue weighted by atomic mass is 9.87. The molecule has 23 heavy (non-hydrogen) atoms. The molecule has 1 unspecified atom stereocenters. The third-order valence-electron chi connectivity index (χ3n) is 4.27. The highest BCUT2D eigenvalue weighted by atomic mass is 16.5. The number of likely N-dealkylation sites (tertiary alicyclic amines) is 1. The third-order valence-corrected chi connectivity index (χ3v) is 4.27. The monoisotopic (exact) mass is 319 g/mol. The molecule has 1 heterocycles. The Morgan fingerprint density at radius 3 is 2.61 bits per heavy atom. The van der Waals surface area contributed by atoms with Crippen LogP contribution < -0.4 is 4.74 Å². The maximum absolute atomic E-state index is 12.1. The highest BCUT2D eigenvalue weighted by molar-refractivity contribution is 5.76. The van der Waals surface area contributed by atoms with Crippen LogP contribution in [0.1, 0.15) is 52.0 Å². The van der Waals surface area contributed by atoms with Crippen LogP contribution in [-0.2, 0) is 10.2 Å². The Hall–Kier alpha value is -1.55. The van der Waals surface area contributed by atoms with Crippen LogP contribution in [-0.4, -0.2) is 41.7 Å². The van der Waals surface area contributed by atoms with Crippen molar-refractivity contribution in [1.29, 1.82) is 0 Å². The molecule has 1 atom stereocenters. The highest BCUT2D eigenvalue weighted by Gasteiger charge is 2.21. The van der Waals surface area contributed by atoms with Crippen LogP contribution in [0.3, 0.4) is 0 Å². The van der Waals surface area contributed by atoms with Gasteiger partial charge in [0.15, 0.2) is 0 Å². The van der Waals surface area contributed by atoms with Crippen molar-refractivity contribution in [3.63, 3.8) is 0 Å². The summed E-state index contributed by atoms with van der Waals surface area (Å²) in [4.78, 5) is 13.8. The fraction of sp³-hybridized carbons (Fsp3) is 0.632. The molecule has 1 aromatic rings. The van der Waals surface area contributed by atoms with Gasteiger partial charge < -0.3 is 14.7 Å². The van der Waals surface area contributed by atoms with Gasteiger partial charge in [-0.05, 0) is 42.4 Å². The smallest absolute Gasteiger partial charge is 0.222 e. The van der Waals surface area contributed by atoms with E-state index in [9.17, 15) is 9.90 Å². The van der Waals surface area contributed by atoms with Crippen molar-refractivity contribution in [2.75, 3.05) is 19.7 Å². The van der Waals surface area contributed by atoms with Gasteiger partial charge in [-0.1, -0.05) is 32.9 Å². The molecule has 1 saturated heterocycles. The van der Waals surface area contributed by atoms with E-state index >= 15 is 0 Å². The topological polar surface area (TPSA) is 49.8 Å². The normalized spacial score (nSPS) is 18.8. The Labute approximate surface area is 139 Å². The minimum Gasteiger partial charge on any atom is -0.494 e. The summed E-state index contributed by atoms with van der Waals surface area (Å²) >= 11 is 0. The van der Waals surface area contributed by atoms with Crippen LogP contribution in [0.25, 0.3) is 0 Å². The summed E-state index contributed by atoms with van der Waals surface area (Å²) in [7, 11) is 0. The lowest BCUT2D eigenvalue weighted by Gasteiger charge is -2.30. The zero-order valence-corrected chi connectivity index (χ0v) is 14.5. The Morgan fingerprint density at radius 1 is 1.30 bits per heavy atom. The summed E-state index contributed by atoms with van der Waals surface area (Å²) in [5.41, 5.74) is 1.42. The van der Waals surface area contributed by atoms with Crippen molar-refractivity contribution in [3.8, 4) is 5.75 Å².